The van der Waals surface area contributed by atoms with Crippen molar-refractivity contribution in [1.82, 2.24) is 9.55 Å². The maximum absolute atomic E-state index is 12.2. The maximum atomic E-state index is 12.2. The minimum atomic E-state index is -4.32. The lowest BCUT2D eigenvalue weighted by atomic mass is 10.2. The molecule has 0 aliphatic carbocycles. The normalized spacial score (nSPS) is 23.0. The second kappa shape index (κ2) is 10.6. The third kappa shape index (κ3) is 6.41. The third-order valence-corrected chi connectivity index (χ3v) is 5.23. The molecule has 0 spiro atoms. The van der Waals surface area contributed by atoms with E-state index in [0.717, 1.165) is 24.5 Å². The van der Waals surface area contributed by atoms with Crippen LogP contribution < -0.4 is 11.2 Å². The van der Waals surface area contributed by atoms with Crippen LogP contribution in [0.25, 0.3) is 0 Å². The number of unbranched alkanes of at least 4 members (excludes halogenated alkanes) is 3. The number of phosphoric acid groups is 1. The number of aliphatic hydroxyl groups is 1. The molecule has 3 N–H and O–H groups in total. The summed E-state index contributed by atoms with van der Waals surface area (Å²) in [6.45, 7) is -0.507. The molecule has 0 radical (unpaired) electrons. The van der Waals surface area contributed by atoms with E-state index >= 15 is 0 Å². The van der Waals surface area contributed by atoms with Crippen molar-refractivity contribution in [3.8, 4) is 24.2 Å². The Morgan fingerprint density at radius 2 is 2.14 bits per heavy atom. The van der Waals surface area contributed by atoms with Gasteiger partial charge in [-0.15, -0.1) is 12.3 Å². The average molecular weight is 426 g/mol. The summed E-state index contributed by atoms with van der Waals surface area (Å²) in [4.78, 5) is 35.8. The van der Waals surface area contributed by atoms with Crippen molar-refractivity contribution in [2.75, 3.05) is 13.7 Å². The zero-order chi connectivity index (χ0) is 21.4. The van der Waals surface area contributed by atoms with Crippen molar-refractivity contribution in [1.29, 1.82) is 0 Å². The van der Waals surface area contributed by atoms with Crippen molar-refractivity contribution in [2.24, 2.45) is 0 Å². The smallest absolute Gasteiger partial charge is 0.394 e. The van der Waals surface area contributed by atoms with Crippen molar-refractivity contribution >= 4 is 7.82 Å². The molecule has 1 fully saturated rings. The van der Waals surface area contributed by atoms with Gasteiger partial charge in [0, 0.05) is 32.6 Å². The first-order valence-corrected chi connectivity index (χ1v) is 10.4. The first kappa shape index (κ1) is 23.1. The van der Waals surface area contributed by atoms with Crippen LogP contribution in [0, 0.1) is 24.2 Å². The highest BCUT2D eigenvalue weighted by atomic mass is 31.2. The minimum absolute atomic E-state index is 0.0238. The molecule has 2 heterocycles. The van der Waals surface area contributed by atoms with E-state index in [1.165, 1.54) is 6.20 Å². The number of hydrogen-bond donors (Lipinski definition) is 3. The minimum Gasteiger partial charge on any atom is -0.394 e. The molecule has 1 aliphatic rings. The zero-order valence-corrected chi connectivity index (χ0v) is 16.8. The van der Waals surface area contributed by atoms with E-state index in [1.54, 1.807) is 0 Å². The molecule has 11 heteroatoms. The molecular weight excluding hydrogens is 403 g/mol. The summed E-state index contributed by atoms with van der Waals surface area (Å²) in [6.07, 6.45) is 6.35. The lowest BCUT2D eigenvalue weighted by molar-refractivity contribution is -0.0458. The molecule has 1 aliphatic heterocycles. The van der Waals surface area contributed by atoms with Crippen molar-refractivity contribution < 1.29 is 28.3 Å². The van der Waals surface area contributed by atoms with Gasteiger partial charge in [0.05, 0.1) is 6.61 Å². The highest BCUT2D eigenvalue weighted by Crippen LogP contribution is 2.47. The van der Waals surface area contributed by atoms with Crippen molar-refractivity contribution in [3.05, 3.63) is 32.6 Å². The lowest BCUT2D eigenvalue weighted by Crippen LogP contribution is -2.33. The summed E-state index contributed by atoms with van der Waals surface area (Å²) >= 11 is 0. The largest absolute Gasteiger partial charge is 0.472 e. The van der Waals surface area contributed by atoms with E-state index in [1.807, 2.05) is 0 Å². The zero-order valence-electron chi connectivity index (χ0n) is 15.9. The summed E-state index contributed by atoms with van der Waals surface area (Å²) in [5, 5.41) is 9.45. The van der Waals surface area contributed by atoms with E-state index < -0.39 is 44.1 Å². The highest BCUT2D eigenvalue weighted by Gasteiger charge is 2.41. The van der Waals surface area contributed by atoms with Gasteiger partial charge in [0.15, 0.2) is 0 Å². The van der Waals surface area contributed by atoms with Gasteiger partial charge in [-0.05, 0) is 12.8 Å². The fraction of sp³-hybridized carbons (Fsp3) is 0.556. The fourth-order valence-electron chi connectivity index (χ4n) is 2.75. The molecule has 0 amide bonds. The van der Waals surface area contributed by atoms with Gasteiger partial charge >= 0.3 is 13.5 Å². The second-order valence-corrected chi connectivity index (χ2v) is 7.78. The number of nitrogens with one attached hydrogen (secondary N) is 1. The number of H-pyrrole nitrogens is 1. The molecule has 1 aromatic rings. The number of hydrogen-bond acceptors (Lipinski definition) is 7. The Balaban J connectivity index is 2.19. The SMILES string of the molecule is C#CCCCCC#Cc1cn([C@H]2C[C@@H](OP(=O)(O)OC)C(CO)O2)c(=O)[nH]c1=O. The summed E-state index contributed by atoms with van der Waals surface area (Å²) in [6, 6.07) is 0. The molecule has 0 bridgehead atoms. The second-order valence-electron chi connectivity index (χ2n) is 6.26. The molecule has 1 aromatic heterocycles. The molecule has 10 nitrogen and oxygen atoms in total. The molecule has 29 heavy (non-hydrogen) atoms. The van der Waals surface area contributed by atoms with Crippen LogP contribution >= 0.6 is 7.82 Å². The number of aromatic amines is 1. The van der Waals surface area contributed by atoms with Gasteiger partial charge in [-0.25, -0.2) is 9.36 Å². The summed E-state index contributed by atoms with van der Waals surface area (Å²) in [5.41, 5.74) is -1.30. The molecule has 158 valence electrons. The van der Waals surface area contributed by atoms with E-state index in [0.29, 0.717) is 12.8 Å². The number of rotatable bonds is 8. The van der Waals surface area contributed by atoms with Gasteiger partial charge < -0.3 is 14.7 Å². The fourth-order valence-corrected chi connectivity index (χ4v) is 3.40. The Kier molecular flexibility index (Phi) is 8.42. The Morgan fingerprint density at radius 1 is 1.41 bits per heavy atom. The molecule has 2 rings (SSSR count). The molecule has 1 saturated heterocycles. The summed E-state index contributed by atoms with van der Waals surface area (Å²) in [5.74, 6) is 8.11. The molecule has 0 saturated carbocycles. The number of ether oxygens (including phenoxy) is 1. The Bertz CT molecular complexity index is 967. The molecule has 0 aromatic carbocycles. The predicted octanol–water partition coefficient (Wildman–Crippen LogP) is 0.493. The molecular formula is C18H23N2O8P. The van der Waals surface area contributed by atoms with E-state index in [2.05, 4.69) is 27.3 Å². The van der Waals surface area contributed by atoms with E-state index in [-0.39, 0.29) is 12.0 Å². The van der Waals surface area contributed by atoms with Crippen molar-refractivity contribution in [2.45, 2.75) is 50.5 Å². The number of terminal acetylenes is 1. The Morgan fingerprint density at radius 3 is 2.79 bits per heavy atom. The summed E-state index contributed by atoms with van der Waals surface area (Å²) in [7, 11) is -3.31. The van der Waals surface area contributed by atoms with E-state index in [4.69, 9.17) is 15.7 Å². The highest BCUT2D eigenvalue weighted by molar-refractivity contribution is 7.47. The van der Waals surface area contributed by atoms with Crippen LogP contribution in [-0.4, -0.2) is 45.5 Å². The van der Waals surface area contributed by atoms with Crippen LogP contribution in [0.4, 0.5) is 0 Å². The van der Waals surface area contributed by atoms with Crippen LogP contribution in [0.1, 0.15) is 43.9 Å². The topological polar surface area (TPSA) is 140 Å². The Labute approximate surface area is 167 Å². The van der Waals surface area contributed by atoms with Gasteiger partial charge in [-0.2, -0.15) is 0 Å². The van der Waals surface area contributed by atoms with Crippen LogP contribution in [0.5, 0.6) is 0 Å². The first-order valence-electron chi connectivity index (χ1n) is 8.92. The lowest BCUT2D eigenvalue weighted by Gasteiger charge is -2.18. The van der Waals surface area contributed by atoms with Crippen molar-refractivity contribution in [3.63, 3.8) is 0 Å². The van der Waals surface area contributed by atoms with Gasteiger partial charge in [-0.3, -0.25) is 23.4 Å². The predicted molar refractivity (Wildman–Crippen MR) is 103 cm³/mol. The standard InChI is InChI=1S/C18H23N2O8P/c1-3-4-5-6-7-8-9-13-11-20(18(23)19-17(13)22)16-10-14(15(12-21)27-16)28-29(24,25)26-2/h1,11,14-16,21H,4-7,10,12H2,2H3,(H,24,25)(H,19,22,23)/t14-,15?,16-/m1/s1. The van der Waals surface area contributed by atoms with Crippen LogP contribution in [0.3, 0.4) is 0 Å². The molecule has 2 unspecified atom stereocenters. The van der Waals surface area contributed by atoms with Crippen LogP contribution in [-0.2, 0) is 18.3 Å². The third-order valence-electron chi connectivity index (χ3n) is 4.23. The summed E-state index contributed by atoms with van der Waals surface area (Å²) < 4.78 is 27.7. The van der Waals surface area contributed by atoms with Gasteiger partial charge in [-0.1, -0.05) is 11.8 Å². The average Bonchev–Trinajstić information content (AvgIpc) is 3.07. The quantitative estimate of drug-likeness (QED) is 0.310. The van der Waals surface area contributed by atoms with Gasteiger partial charge in [0.25, 0.3) is 5.56 Å². The number of aromatic nitrogens is 2. The maximum Gasteiger partial charge on any atom is 0.472 e. The van der Waals surface area contributed by atoms with Gasteiger partial charge in [0.2, 0.25) is 0 Å². The number of phosphoric ester groups is 1. The van der Waals surface area contributed by atoms with Gasteiger partial charge in [0.1, 0.15) is 24.0 Å². The van der Waals surface area contributed by atoms with Crippen LogP contribution in [0.15, 0.2) is 15.8 Å². The van der Waals surface area contributed by atoms with Crippen LogP contribution in [0.2, 0.25) is 0 Å². The number of aliphatic hydroxyl groups excluding tert-OH is 1. The Hall–Kier alpha value is -2.17. The van der Waals surface area contributed by atoms with E-state index in [9.17, 15) is 24.2 Å². The monoisotopic (exact) mass is 426 g/mol. The first-order chi connectivity index (χ1) is 13.8. The number of nitrogens with zero attached hydrogens (tertiary/aromatic N) is 1. The molecule has 4 atom stereocenters.